The first kappa shape index (κ1) is 99.1. The molecule has 0 aliphatic carbocycles. The quantitative estimate of drug-likeness (QED) is 0.0259. The van der Waals surface area contributed by atoms with E-state index in [0.29, 0.717) is 12.8 Å². The van der Waals surface area contributed by atoms with Crippen LogP contribution in [0.4, 0.5) is 0 Å². The van der Waals surface area contributed by atoms with Gasteiger partial charge in [0.1, 0.15) is 48.8 Å². The van der Waals surface area contributed by atoms with Gasteiger partial charge in [-0.05, 0) is 12.8 Å². The van der Waals surface area contributed by atoms with Crippen molar-refractivity contribution in [3.05, 3.63) is 0 Å². The molecule has 0 saturated carbocycles. The number of aliphatic hydroxyl groups is 8. The highest BCUT2D eigenvalue weighted by molar-refractivity contribution is 5.76. The number of rotatable bonds is 81. The van der Waals surface area contributed by atoms with Gasteiger partial charge in [-0.2, -0.15) is 0 Å². The zero-order valence-corrected chi connectivity index (χ0v) is 68.6. The molecule has 2 heterocycles. The Morgan fingerprint density at radius 3 is 0.817 bits per heavy atom. The van der Waals surface area contributed by atoms with Crippen molar-refractivity contribution in [2.75, 3.05) is 19.8 Å². The number of carbonyl (C=O) groups excluding carboxylic acids is 1. The Hall–Kier alpha value is -1.01. The number of aliphatic hydroxyl groups excluding tert-OH is 8. The number of nitrogens with one attached hydrogen (secondary N) is 1. The zero-order chi connectivity index (χ0) is 75.1. The van der Waals surface area contributed by atoms with Crippen LogP contribution < -0.4 is 5.32 Å². The van der Waals surface area contributed by atoms with Gasteiger partial charge < -0.3 is 65.1 Å². The van der Waals surface area contributed by atoms with E-state index < -0.39 is 86.8 Å². The van der Waals surface area contributed by atoms with Crippen LogP contribution in [0.25, 0.3) is 0 Å². The predicted octanol–water partition coefficient (Wildman–Crippen LogP) is 22.6. The average molecular weight is 1480 g/mol. The van der Waals surface area contributed by atoms with E-state index in [1.54, 1.807) is 0 Å². The summed E-state index contributed by atoms with van der Waals surface area (Å²) in [6.45, 7) is 2.96. The second-order valence-corrected chi connectivity index (χ2v) is 33.2. The first-order valence-corrected chi connectivity index (χ1v) is 46.3. The van der Waals surface area contributed by atoms with Gasteiger partial charge in [-0.15, -0.1) is 0 Å². The molecule has 0 aromatic carbocycles. The molecule has 0 spiro atoms. The van der Waals surface area contributed by atoms with Crippen molar-refractivity contribution in [1.82, 2.24) is 5.32 Å². The van der Waals surface area contributed by atoms with Gasteiger partial charge in [0.05, 0.1) is 32.0 Å². The highest BCUT2D eigenvalue weighted by atomic mass is 16.7. The van der Waals surface area contributed by atoms with Gasteiger partial charge in [-0.3, -0.25) is 4.79 Å². The smallest absolute Gasteiger partial charge is 0.220 e. The third kappa shape index (κ3) is 56.2. The van der Waals surface area contributed by atoms with E-state index in [-0.39, 0.29) is 12.5 Å². The summed E-state index contributed by atoms with van der Waals surface area (Å²) in [5, 5.41) is 88.1. The predicted molar refractivity (Wildman–Crippen MR) is 434 cm³/mol. The van der Waals surface area contributed by atoms with Gasteiger partial charge in [-0.25, -0.2) is 0 Å². The Bertz CT molecular complexity index is 1750. The lowest BCUT2D eigenvalue weighted by Gasteiger charge is -2.46. The zero-order valence-electron chi connectivity index (χ0n) is 68.6. The van der Waals surface area contributed by atoms with Gasteiger partial charge in [0.2, 0.25) is 5.91 Å². The summed E-state index contributed by atoms with van der Waals surface area (Å²) >= 11 is 0. The molecule has 0 aromatic heterocycles. The fourth-order valence-corrected chi connectivity index (χ4v) is 16.1. The minimum atomic E-state index is -1.78. The van der Waals surface area contributed by atoms with Crippen LogP contribution in [0.15, 0.2) is 0 Å². The summed E-state index contributed by atoms with van der Waals surface area (Å²) in [7, 11) is 0. The summed E-state index contributed by atoms with van der Waals surface area (Å²) in [6, 6.07) is -0.827. The van der Waals surface area contributed by atoms with Crippen LogP contribution in [0.1, 0.15) is 476 Å². The van der Waals surface area contributed by atoms with Crippen LogP contribution >= 0.6 is 0 Å². The number of hydrogen-bond donors (Lipinski definition) is 9. The summed E-state index contributed by atoms with van der Waals surface area (Å²) in [5.74, 6) is -0.193. The highest BCUT2D eigenvalue weighted by Gasteiger charge is 2.51. The molecule has 0 aromatic rings. The Kier molecular flexibility index (Phi) is 71.2. The Labute approximate surface area is 642 Å². The number of ether oxygens (including phenoxy) is 4. The Balaban J connectivity index is 1.53. The van der Waals surface area contributed by atoms with E-state index >= 15 is 0 Å². The lowest BCUT2D eigenvalue weighted by molar-refractivity contribution is -0.359. The fraction of sp³-hybridized carbons (Fsp3) is 0.989. The van der Waals surface area contributed by atoms with Gasteiger partial charge in [0.25, 0.3) is 0 Å². The van der Waals surface area contributed by atoms with E-state index in [1.807, 2.05) is 0 Å². The van der Waals surface area contributed by atoms with Crippen LogP contribution in [0.2, 0.25) is 0 Å². The minimum absolute atomic E-state index is 0.193. The second kappa shape index (κ2) is 74.7. The van der Waals surface area contributed by atoms with Crippen molar-refractivity contribution in [2.45, 2.75) is 550 Å². The molecule has 2 fully saturated rings. The molecule has 14 heteroatoms. The summed E-state index contributed by atoms with van der Waals surface area (Å²) in [5.41, 5.74) is 0. The molecular weight excluding hydrogens is 1300 g/mol. The van der Waals surface area contributed by atoms with Crippen LogP contribution in [0.3, 0.4) is 0 Å². The van der Waals surface area contributed by atoms with Crippen molar-refractivity contribution in [3.63, 3.8) is 0 Å². The largest absolute Gasteiger partial charge is 0.394 e. The molecule has 9 N–H and O–H groups in total. The second-order valence-electron chi connectivity index (χ2n) is 33.2. The summed E-state index contributed by atoms with van der Waals surface area (Å²) < 4.78 is 23.0. The molecule has 0 bridgehead atoms. The molecule has 1 amide bonds. The Morgan fingerprint density at radius 2 is 0.548 bits per heavy atom. The van der Waals surface area contributed by atoms with Crippen molar-refractivity contribution in [2.24, 2.45) is 0 Å². The molecule has 2 aliphatic heterocycles. The summed E-state index contributed by atoms with van der Waals surface area (Å²) in [4.78, 5) is 13.4. The van der Waals surface area contributed by atoms with Gasteiger partial charge in [-0.1, -0.05) is 457 Å². The van der Waals surface area contributed by atoms with E-state index in [4.69, 9.17) is 18.9 Å². The maximum Gasteiger partial charge on any atom is 0.220 e. The third-order valence-electron chi connectivity index (χ3n) is 23.3. The van der Waals surface area contributed by atoms with Crippen molar-refractivity contribution in [3.8, 4) is 0 Å². The monoisotopic (exact) mass is 1480 g/mol. The molecule has 620 valence electrons. The van der Waals surface area contributed by atoms with E-state index in [2.05, 4.69) is 19.2 Å². The van der Waals surface area contributed by atoms with Crippen LogP contribution in [-0.2, 0) is 23.7 Å². The number of carbonyl (C=O) groups is 1. The lowest BCUT2D eigenvalue weighted by atomic mass is 9.97. The summed E-state index contributed by atoms with van der Waals surface area (Å²) in [6.07, 6.45) is 79.1. The van der Waals surface area contributed by atoms with Crippen LogP contribution in [-0.4, -0.2) is 140 Å². The standard InChI is InChI=1S/C90H177NO13/c1-3-5-7-9-11-13-15-17-19-21-23-25-27-29-31-33-35-37-38-39-40-41-42-44-46-48-50-52-54-56-58-60-62-64-66-68-70-72-74-82(95)91-78(77-101-89-87(100)85(98)88(81(76-93)103-89)104-90-86(99)84(97)83(96)80(75-92)102-90)79(94)73-71-69-67-65-63-61-59-57-55-53-51-49-47-45-43-36-34-32-30-28-26-24-22-20-18-16-14-12-10-8-6-4-2/h78-81,83-90,92-94,96-100H,3-77H2,1-2H3,(H,91,95). The lowest BCUT2D eigenvalue weighted by Crippen LogP contribution is -2.65. The first-order valence-electron chi connectivity index (χ1n) is 46.3. The maximum atomic E-state index is 13.4. The van der Waals surface area contributed by atoms with Crippen molar-refractivity contribution in [1.29, 1.82) is 0 Å². The maximum absolute atomic E-state index is 13.4. The van der Waals surface area contributed by atoms with E-state index in [0.717, 1.165) is 51.4 Å². The Morgan fingerprint density at radius 1 is 0.308 bits per heavy atom. The van der Waals surface area contributed by atoms with Crippen LogP contribution in [0, 0.1) is 0 Å². The topological polar surface area (TPSA) is 228 Å². The molecule has 12 unspecified atom stereocenters. The fourth-order valence-electron chi connectivity index (χ4n) is 16.1. The molecule has 2 rings (SSSR count). The minimum Gasteiger partial charge on any atom is -0.394 e. The van der Waals surface area contributed by atoms with Crippen molar-refractivity contribution < 1.29 is 64.6 Å². The first-order chi connectivity index (χ1) is 51.1. The number of unbranched alkanes of at least 4 members (excludes halogenated alkanes) is 68. The number of hydrogen-bond acceptors (Lipinski definition) is 13. The van der Waals surface area contributed by atoms with E-state index in [1.165, 1.54) is 398 Å². The molecular formula is C90H177NO13. The van der Waals surface area contributed by atoms with Gasteiger partial charge in [0.15, 0.2) is 12.6 Å². The number of amides is 1. The molecule has 14 nitrogen and oxygen atoms in total. The molecule has 12 atom stereocenters. The molecule has 0 radical (unpaired) electrons. The SMILES string of the molecule is CCCCCCCCCCCCCCCCCCCCCCCCCCCCCCCCCCCCCCCCC(=O)NC(COC1OC(CO)C(OC2OC(CO)C(O)C(O)C2O)C(O)C1O)C(O)CCCCCCCCCCCCCCCCCCCCCCCCCCCCCCCCCC. The van der Waals surface area contributed by atoms with Gasteiger partial charge in [0, 0.05) is 6.42 Å². The van der Waals surface area contributed by atoms with E-state index in [9.17, 15) is 45.6 Å². The highest BCUT2D eigenvalue weighted by Crippen LogP contribution is 2.31. The van der Waals surface area contributed by atoms with Gasteiger partial charge >= 0.3 is 0 Å². The van der Waals surface area contributed by atoms with Crippen LogP contribution in [0.5, 0.6) is 0 Å². The molecule has 2 aliphatic rings. The molecule has 104 heavy (non-hydrogen) atoms. The van der Waals surface area contributed by atoms with Crippen molar-refractivity contribution >= 4 is 5.91 Å². The molecule has 2 saturated heterocycles. The average Bonchev–Trinajstić information content (AvgIpc) is 0.791. The normalized spacial score (nSPS) is 21.3. The third-order valence-corrected chi connectivity index (χ3v) is 23.3.